The summed E-state index contributed by atoms with van der Waals surface area (Å²) in [7, 11) is 0. The number of ether oxygens (including phenoxy) is 3. The van der Waals surface area contributed by atoms with Crippen molar-refractivity contribution in [3.63, 3.8) is 0 Å². The van der Waals surface area contributed by atoms with Gasteiger partial charge in [-0.25, -0.2) is 0 Å². The van der Waals surface area contributed by atoms with Gasteiger partial charge in [-0.05, 0) is 67.8 Å². The van der Waals surface area contributed by atoms with Gasteiger partial charge in [0.05, 0.1) is 18.2 Å². The first-order valence-electron chi connectivity index (χ1n) is 11.4. The number of fused-ring (bicyclic) bond motifs is 1. The lowest BCUT2D eigenvalue weighted by Gasteiger charge is -2.26. The van der Waals surface area contributed by atoms with Crippen molar-refractivity contribution < 1.29 is 28.9 Å². The Bertz CT molecular complexity index is 1380. The molecular weight excluding hydrogens is 446 g/mol. The van der Waals surface area contributed by atoms with Gasteiger partial charge in [-0.1, -0.05) is 24.3 Å². The zero-order valence-corrected chi connectivity index (χ0v) is 19.7. The van der Waals surface area contributed by atoms with Gasteiger partial charge in [-0.3, -0.25) is 14.5 Å². The van der Waals surface area contributed by atoms with E-state index in [1.165, 1.54) is 4.90 Å². The van der Waals surface area contributed by atoms with E-state index in [0.29, 0.717) is 40.7 Å². The summed E-state index contributed by atoms with van der Waals surface area (Å²) in [6.45, 7) is 6.33. The molecule has 35 heavy (non-hydrogen) atoms. The van der Waals surface area contributed by atoms with Crippen molar-refractivity contribution in [1.82, 2.24) is 0 Å². The van der Waals surface area contributed by atoms with E-state index < -0.39 is 17.7 Å². The van der Waals surface area contributed by atoms with Gasteiger partial charge < -0.3 is 19.3 Å². The largest absolute Gasteiger partial charge is 0.507 e. The van der Waals surface area contributed by atoms with E-state index in [1.54, 1.807) is 36.4 Å². The van der Waals surface area contributed by atoms with E-state index in [1.807, 2.05) is 45.0 Å². The highest BCUT2D eigenvalue weighted by atomic mass is 16.7. The number of aliphatic hydroxyl groups is 1. The fourth-order valence-corrected chi connectivity index (χ4v) is 4.43. The molecular formula is C28H25NO6. The normalized spacial score (nSPS) is 18.3. The molecule has 2 heterocycles. The molecule has 1 fully saturated rings. The van der Waals surface area contributed by atoms with Crippen LogP contribution >= 0.6 is 0 Å². The van der Waals surface area contributed by atoms with Crippen LogP contribution in [0.1, 0.15) is 35.2 Å². The molecule has 0 spiro atoms. The Morgan fingerprint density at radius 1 is 1.00 bits per heavy atom. The van der Waals surface area contributed by atoms with Gasteiger partial charge in [0.25, 0.3) is 11.7 Å². The highest BCUT2D eigenvalue weighted by molar-refractivity contribution is 6.51. The second kappa shape index (κ2) is 8.83. The highest BCUT2D eigenvalue weighted by Crippen LogP contribution is 2.45. The fourth-order valence-electron chi connectivity index (χ4n) is 4.43. The van der Waals surface area contributed by atoms with Gasteiger partial charge in [0.2, 0.25) is 6.79 Å². The van der Waals surface area contributed by atoms with Crippen LogP contribution < -0.4 is 19.1 Å². The number of aryl methyl sites for hydroxylation is 2. The molecule has 1 saturated heterocycles. The molecule has 0 saturated carbocycles. The third-order valence-electron chi connectivity index (χ3n) is 6.34. The molecule has 1 amide bonds. The van der Waals surface area contributed by atoms with E-state index in [0.717, 1.165) is 11.1 Å². The van der Waals surface area contributed by atoms with Gasteiger partial charge in [-0.2, -0.15) is 0 Å². The number of benzene rings is 3. The molecule has 1 unspecified atom stereocenters. The summed E-state index contributed by atoms with van der Waals surface area (Å²) < 4.78 is 16.6. The number of anilines is 1. The fraction of sp³-hybridized carbons (Fsp3) is 0.214. The third kappa shape index (κ3) is 3.89. The number of Topliss-reactive ketones (excluding diaryl/α,β-unsaturated/α-hetero) is 1. The maximum atomic E-state index is 13.4. The Morgan fingerprint density at radius 3 is 2.57 bits per heavy atom. The SMILES string of the molecule is CCOc1cccc(C2/C(=C(\O)c3ccc(C)c(C)c3)C(=O)C(=O)N2c2ccc3c(c2)OCO3)c1. The van der Waals surface area contributed by atoms with Crippen LogP contribution in [0.5, 0.6) is 17.2 Å². The van der Waals surface area contributed by atoms with Crippen molar-refractivity contribution in [2.45, 2.75) is 26.8 Å². The molecule has 1 N–H and O–H groups in total. The second-order valence-electron chi connectivity index (χ2n) is 8.51. The maximum Gasteiger partial charge on any atom is 0.300 e. The molecule has 3 aromatic rings. The van der Waals surface area contributed by atoms with E-state index >= 15 is 0 Å². The van der Waals surface area contributed by atoms with Crippen LogP contribution in [0.4, 0.5) is 5.69 Å². The topological polar surface area (TPSA) is 85.3 Å². The van der Waals surface area contributed by atoms with E-state index in [9.17, 15) is 14.7 Å². The number of hydrogen-bond acceptors (Lipinski definition) is 6. The van der Waals surface area contributed by atoms with Gasteiger partial charge in [0.1, 0.15) is 11.5 Å². The Hall–Kier alpha value is -4.26. The van der Waals surface area contributed by atoms with Crippen LogP contribution in [0, 0.1) is 13.8 Å². The van der Waals surface area contributed by atoms with Crippen LogP contribution in [0.3, 0.4) is 0 Å². The highest BCUT2D eigenvalue weighted by Gasteiger charge is 2.47. The molecule has 0 aromatic heterocycles. The molecule has 5 rings (SSSR count). The lowest BCUT2D eigenvalue weighted by Crippen LogP contribution is -2.29. The van der Waals surface area contributed by atoms with Crippen LogP contribution in [0.15, 0.2) is 66.2 Å². The van der Waals surface area contributed by atoms with Gasteiger partial charge in [0, 0.05) is 17.3 Å². The van der Waals surface area contributed by atoms with E-state index in [4.69, 9.17) is 14.2 Å². The number of aliphatic hydroxyl groups excluding tert-OH is 1. The van der Waals surface area contributed by atoms with Crippen LogP contribution in [-0.2, 0) is 9.59 Å². The minimum Gasteiger partial charge on any atom is -0.507 e. The lowest BCUT2D eigenvalue weighted by atomic mass is 9.94. The molecule has 7 nitrogen and oxygen atoms in total. The van der Waals surface area contributed by atoms with Crippen LogP contribution in [0.25, 0.3) is 5.76 Å². The molecule has 0 radical (unpaired) electrons. The number of carbonyl (C=O) groups is 2. The number of hydrogen-bond donors (Lipinski definition) is 1. The molecule has 3 aromatic carbocycles. The van der Waals surface area contributed by atoms with E-state index in [-0.39, 0.29) is 18.1 Å². The summed E-state index contributed by atoms with van der Waals surface area (Å²) in [5.74, 6) is -0.0593. The first-order valence-corrected chi connectivity index (χ1v) is 11.4. The zero-order chi connectivity index (χ0) is 24.7. The minimum atomic E-state index is -0.864. The summed E-state index contributed by atoms with van der Waals surface area (Å²) in [5, 5.41) is 11.4. The maximum absolute atomic E-state index is 13.4. The summed E-state index contributed by atoms with van der Waals surface area (Å²) in [5.41, 5.74) is 3.62. The predicted molar refractivity (Wildman–Crippen MR) is 131 cm³/mol. The van der Waals surface area contributed by atoms with Gasteiger partial charge in [-0.15, -0.1) is 0 Å². The average molecular weight is 472 g/mol. The van der Waals surface area contributed by atoms with Crippen molar-refractivity contribution in [2.75, 3.05) is 18.3 Å². The standard InChI is InChI=1S/C28H25NO6/c1-4-33-21-7-5-6-18(13-21)25-24(26(30)19-9-8-16(2)17(3)12-19)27(31)28(32)29(25)20-10-11-22-23(14-20)35-15-34-22/h5-14,25,30H,4,15H2,1-3H3/b26-24+. The van der Waals surface area contributed by atoms with Crippen molar-refractivity contribution in [3.8, 4) is 17.2 Å². The third-order valence-corrected chi connectivity index (χ3v) is 6.34. The average Bonchev–Trinajstić information content (AvgIpc) is 3.42. The number of rotatable bonds is 5. The predicted octanol–water partition coefficient (Wildman–Crippen LogP) is 5.06. The van der Waals surface area contributed by atoms with Crippen molar-refractivity contribution in [3.05, 3.63) is 88.5 Å². The Kier molecular flexibility index (Phi) is 5.68. The first kappa shape index (κ1) is 22.5. The van der Waals surface area contributed by atoms with Crippen molar-refractivity contribution in [2.24, 2.45) is 0 Å². The van der Waals surface area contributed by atoms with Crippen LogP contribution in [0.2, 0.25) is 0 Å². The first-order chi connectivity index (χ1) is 16.9. The number of nitrogens with zero attached hydrogens (tertiary/aromatic N) is 1. The van der Waals surface area contributed by atoms with Crippen molar-refractivity contribution in [1.29, 1.82) is 0 Å². The summed E-state index contributed by atoms with van der Waals surface area (Å²) in [6, 6.07) is 16.9. The van der Waals surface area contributed by atoms with Crippen LogP contribution in [-0.4, -0.2) is 30.2 Å². The number of amides is 1. The smallest absolute Gasteiger partial charge is 0.300 e. The summed E-state index contributed by atoms with van der Waals surface area (Å²) in [6.07, 6.45) is 0. The summed E-state index contributed by atoms with van der Waals surface area (Å²) >= 11 is 0. The molecule has 0 aliphatic carbocycles. The van der Waals surface area contributed by atoms with Crippen molar-refractivity contribution >= 4 is 23.1 Å². The molecule has 2 aliphatic rings. The molecule has 178 valence electrons. The van der Waals surface area contributed by atoms with Gasteiger partial charge >= 0.3 is 0 Å². The number of ketones is 1. The molecule has 0 bridgehead atoms. The molecule has 1 atom stereocenters. The lowest BCUT2D eigenvalue weighted by molar-refractivity contribution is -0.132. The Labute approximate surface area is 203 Å². The molecule has 2 aliphatic heterocycles. The molecule has 7 heteroatoms. The quantitative estimate of drug-likeness (QED) is 0.318. The van der Waals surface area contributed by atoms with E-state index in [2.05, 4.69) is 0 Å². The number of carbonyl (C=O) groups excluding carboxylic acids is 2. The second-order valence-corrected chi connectivity index (χ2v) is 8.51. The Morgan fingerprint density at radius 2 is 1.80 bits per heavy atom. The van der Waals surface area contributed by atoms with Gasteiger partial charge in [0.15, 0.2) is 11.5 Å². The summed E-state index contributed by atoms with van der Waals surface area (Å²) in [4.78, 5) is 28.2. The monoisotopic (exact) mass is 471 g/mol. The Balaban J connectivity index is 1.71. The zero-order valence-electron chi connectivity index (χ0n) is 19.7. The minimum absolute atomic E-state index is 0.0181.